The molecule has 0 aliphatic carbocycles. The predicted molar refractivity (Wildman–Crippen MR) is 82.4 cm³/mol. The van der Waals surface area contributed by atoms with Crippen molar-refractivity contribution in [3.8, 4) is 5.75 Å². The minimum Gasteiger partial charge on any atom is -0.492 e. The molecule has 0 radical (unpaired) electrons. The molecule has 0 spiro atoms. The topological polar surface area (TPSA) is 12.5 Å². The van der Waals surface area contributed by atoms with Crippen molar-refractivity contribution in [2.75, 3.05) is 20.2 Å². The van der Waals surface area contributed by atoms with Crippen LogP contribution in [0.5, 0.6) is 5.75 Å². The van der Waals surface area contributed by atoms with Crippen molar-refractivity contribution in [3.05, 3.63) is 64.4 Å². The molecule has 2 rings (SSSR count). The van der Waals surface area contributed by atoms with Crippen molar-refractivity contribution in [2.45, 2.75) is 6.54 Å². The Hall–Kier alpha value is -1.39. The van der Waals surface area contributed by atoms with Gasteiger partial charge in [-0.1, -0.05) is 34.1 Å². The summed E-state index contributed by atoms with van der Waals surface area (Å²) in [4.78, 5) is 2.04. The minimum atomic E-state index is -0.159. The van der Waals surface area contributed by atoms with Crippen LogP contribution >= 0.6 is 15.9 Å². The molecule has 0 unspecified atom stereocenters. The zero-order chi connectivity index (χ0) is 14.4. The summed E-state index contributed by atoms with van der Waals surface area (Å²) in [6.45, 7) is 1.90. The van der Waals surface area contributed by atoms with Gasteiger partial charge in [-0.05, 0) is 37.4 Å². The van der Waals surface area contributed by atoms with Crippen LogP contribution in [0.1, 0.15) is 5.56 Å². The Morgan fingerprint density at radius 3 is 2.50 bits per heavy atom. The molecule has 20 heavy (non-hydrogen) atoms. The van der Waals surface area contributed by atoms with Gasteiger partial charge in [-0.2, -0.15) is 0 Å². The lowest BCUT2D eigenvalue weighted by molar-refractivity contribution is 0.231. The number of nitrogens with zero attached hydrogens (tertiary/aromatic N) is 1. The standard InChI is InChI=1S/C16H17BrFNO/c1-19(12-13-4-2-3-5-16(13)18)10-11-20-15-8-6-14(17)7-9-15/h2-9H,10-12H2,1H3. The first kappa shape index (κ1) is 15.0. The normalized spacial score (nSPS) is 10.8. The number of rotatable bonds is 6. The summed E-state index contributed by atoms with van der Waals surface area (Å²) >= 11 is 3.38. The minimum absolute atomic E-state index is 0.159. The molecule has 2 aromatic rings. The van der Waals surface area contributed by atoms with Crippen LogP contribution in [0, 0.1) is 5.82 Å². The van der Waals surface area contributed by atoms with Gasteiger partial charge in [0.2, 0.25) is 0 Å². The highest BCUT2D eigenvalue weighted by molar-refractivity contribution is 9.10. The summed E-state index contributed by atoms with van der Waals surface area (Å²) in [6.07, 6.45) is 0. The van der Waals surface area contributed by atoms with E-state index in [1.165, 1.54) is 6.07 Å². The van der Waals surface area contributed by atoms with Gasteiger partial charge in [0.25, 0.3) is 0 Å². The molecule has 0 saturated heterocycles. The lowest BCUT2D eigenvalue weighted by atomic mass is 10.2. The van der Waals surface area contributed by atoms with Crippen LogP contribution in [-0.4, -0.2) is 25.1 Å². The van der Waals surface area contributed by atoms with Crippen molar-refractivity contribution in [3.63, 3.8) is 0 Å². The number of hydrogen-bond acceptors (Lipinski definition) is 2. The third kappa shape index (κ3) is 4.62. The van der Waals surface area contributed by atoms with Crippen LogP contribution in [0.2, 0.25) is 0 Å². The molecule has 0 atom stereocenters. The highest BCUT2D eigenvalue weighted by atomic mass is 79.9. The molecule has 2 nitrogen and oxygen atoms in total. The summed E-state index contributed by atoms with van der Waals surface area (Å²) in [6, 6.07) is 14.6. The average molecular weight is 338 g/mol. The second-order valence-electron chi connectivity index (χ2n) is 4.63. The van der Waals surface area contributed by atoms with E-state index in [1.807, 2.05) is 42.3 Å². The van der Waals surface area contributed by atoms with E-state index in [0.717, 1.165) is 16.8 Å². The molecule has 4 heteroatoms. The predicted octanol–water partition coefficient (Wildman–Crippen LogP) is 4.10. The quantitative estimate of drug-likeness (QED) is 0.786. The first-order valence-electron chi connectivity index (χ1n) is 6.45. The zero-order valence-electron chi connectivity index (χ0n) is 11.4. The average Bonchev–Trinajstić information content (AvgIpc) is 2.44. The molecule has 0 amide bonds. The maximum Gasteiger partial charge on any atom is 0.127 e. The van der Waals surface area contributed by atoms with E-state index < -0.39 is 0 Å². The molecule has 0 heterocycles. The van der Waals surface area contributed by atoms with E-state index in [-0.39, 0.29) is 5.82 Å². The van der Waals surface area contributed by atoms with Crippen molar-refractivity contribution < 1.29 is 9.13 Å². The number of hydrogen-bond donors (Lipinski definition) is 0. The number of ether oxygens (including phenoxy) is 1. The van der Waals surface area contributed by atoms with Gasteiger partial charge in [-0.15, -0.1) is 0 Å². The zero-order valence-corrected chi connectivity index (χ0v) is 12.9. The van der Waals surface area contributed by atoms with E-state index in [9.17, 15) is 4.39 Å². The van der Waals surface area contributed by atoms with Gasteiger partial charge in [0.15, 0.2) is 0 Å². The second kappa shape index (κ2) is 7.41. The third-order valence-electron chi connectivity index (χ3n) is 2.95. The smallest absolute Gasteiger partial charge is 0.127 e. The summed E-state index contributed by atoms with van der Waals surface area (Å²) < 4.78 is 20.2. The Balaban J connectivity index is 1.76. The SMILES string of the molecule is CN(CCOc1ccc(Br)cc1)Cc1ccccc1F. The molecule has 0 N–H and O–H groups in total. The van der Waals surface area contributed by atoms with Crippen molar-refractivity contribution in [1.29, 1.82) is 0 Å². The van der Waals surface area contributed by atoms with Crippen LogP contribution in [0.3, 0.4) is 0 Å². The van der Waals surface area contributed by atoms with Gasteiger partial charge in [0.1, 0.15) is 18.2 Å². The molecule has 0 fully saturated rings. The third-order valence-corrected chi connectivity index (χ3v) is 3.48. The van der Waals surface area contributed by atoms with Crippen molar-refractivity contribution in [1.82, 2.24) is 4.90 Å². The van der Waals surface area contributed by atoms with Gasteiger partial charge in [-0.25, -0.2) is 4.39 Å². The Bertz CT molecular complexity index is 544. The fraction of sp³-hybridized carbons (Fsp3) is 0.250. The van der Waals surface area contributed by atoms with Crippen LogP contribution in [-0.2, 0) is 6.54 Å². The lowest BCUT2D eigenvalue weighted by Crippen LogP contribution is -2.24. The highest BCUT2D eigenvalue weighted by Crippen LogP contribution is 2.16. The Morgan fingerprint density at radius 2 is 1.80 bits per heavy atom. The van der Waals surface area contributed by atoms with E-state index in [1.54, 1.807) is 12.1 Å². The summed E-state index contributed by atoms with van der Waals surface area (Å²) in [5.74, 6) is 0.681. The molecular formula is C16H17BrFNO. The van der Waals surface area contributed by atoms with E-state index in [0.29, 0.717) is 18.7 Å². The van der Waals surface area contributed by atoms with Gasteiger partial charge < -0.3 is 4.74 Å². The Labute approximate surface area is 127 Å². The summed E-state index contributed by atoms with van der Waals surface area (Å²) in [7, 11) is 1.96. The molecule has 106 valence electrons. The molecular weight excluding hydrogens is 321 g/mol. The van der Waals surface area contributed by atoms with E-state index >= 15 is 0 Å². The maximum absolute atomic E-state index is 13.5. The van der Waals surface area contributed by atoms with Gasteiger partial charge in [0, 0.05) is 23.1 Å². The van der Waals surface area contributed by atoms with E-state index in [4.69, 9.17) is 4.74 Å². The van der Waals surface area contributed by atoms with Crippen molar-refractivity contribution in [2.24, 2.45) is 0 Å². The monoisotopic (exact) mass is 337 g/mol. The van der Waals surface area contributed by atoms with Crippen molar-refractivity contribution >= 4 is 15.9 Å². The van der Waals surface area contributed by atoms with Crippen LogP contribution in [0.25, 0.3) is 0 Å². The van der Waals surface area contributed by atoms with Gasteiger partial charge in [0.05, 0.1) is 0 Å². The number of likely N-dealkylation sites (N-methyl/N-ethyl adjacent to an activating group) is 1. The van der Waals surface area contributed by atoms with Crippen LogP contribution < -0.4 is 4.74 Å². The van der Waals surface area contributed by atoms with Gasteiger partial charge >= 0.3 is 0 Å². The molecule has 0 aliphatic heterocycles. The molecule has 0 bridgehead atoms. The Morgan fingerprint density at radius 1 is 1.10 bits per heavy atom. The largest absolute Gasteiger partial charge is 0.492 e. The first-order chi connectivity index (χ1) is 9.65. The highest BCUT2D eigenvalue weighted by Gasteiger charge is 2.05. The molecule has 0 aliphatic rings. The molecule has 2 aromatic carbocycles. The Kier molecular flexibility index (Phi) is 5.56. The molecule has 0 saturated carbocycles. The summed E-state index contributed by atoms with van der Waals surface area (Å²) in [5, 5.41) is 0. The van der Waals surface area contributed by atoms with Gasteiger partial charge in [-0.3, -0.25) is 4.90 Å². The number of benzene rings is 2. The fourth-order valence-corrected chi connectivity index (χ4v) is 2.11. The number of halogens is 2. The second-order valence-corrected chi connectivity index (χ2v) is 5.55. The molecule has 0 aromatic heterocycles. The maximum atomic E-state index is 13.5. The first-order valence-corrected chi connectivity index (χ1v) is 7.25. The lowest BCUT2D eigenvalue weighted by Gasteiger charge is -2.17. The summed E-state index contributed by atoms with van der Waals surface area (Å²) in [5.41, 5.74) is 0.707. The fourth-order valence-electron chi connectivity index (χ4n) is 1.85. The van der Waals surface area contributed by atoms with E-state index in [2.05, 4.69) is 15.9 Å². The van der Waals surface area contributed by atoms with Crippen LogP contribution in [0.15, 0.2) is 53.0 Å². The van der Waals surface area contributed by atoms with Crippen LogP contribution in [0.4, 0.5) is 4.39 Å².